The van der Waals surface area contributed by atoms with E-state index in [1.54, 1.807) is 0 Å². The van der Waals surface area contributed by atoms with Gasteiger partial charge in [0.25, 0.3) is 0 Å². The van der Waals surface area contributed by atoms with Gasteiger partial charge in [0, 0.05) is 36.9 Å². The largest absolute Gasteiger partial charge is 0.208 e. The Morgan fingerprint density at radius 3 is 1.72 bits per heavy atom. The van der Waals surface area contributed by atoms with Gasteiger partial charge in [0.15, 0.2) is 17.5 Å². The molecule has 0 aliphatic carbocycles. The molecule has 220 valence electrons. The number of nitrogens with zero attached hydrogens (tertiary/aromatic N) is 3. The standard InChI is InChI=1S/C43H27N3S/c1-3-11-28(12-4-1)31-21-23-35-33(25-31)16-10-19-38(35)43-45-41(29-13-5-2-6-14-29)44-42(46-43)34-17-9-15-30(26-34)32-22-24-37-36-18-7-8-20-39(36)47-40(37)27-32/h1-27H. The van der Waals surface area contributed by atoms with Crippen LogP contribution in [0.1, 0.15) is 0 Å². The van der Waals surface area contributed by atoms with Crippen LogP contribution in [0, 0.1) is 0 Å². The summed E-state index contributed by atoms with van der Waals surface area (Å²) in [6.07, 6.45) is 0. The van der Waals surface area contributed by atoms with Crippen molar-refractivity contribution in [1.29, 1.82) is 0 Å². The number of hydrogen-bond acceptors (Lipinski definition) is 4. The van der Waals surface area contributed by atoms with Crippen molar-refractivity contribution < 1.29 is 0 Å². The maximum absolute atomic E-state index is 5.12. The van der Waals surface area contributed by atoms with E-state index in [0.29, 0.717) is 17.5 Å². The summed E-state index contributed by atoms with van der Waals surface area (Å²) in [5.74, 6) is 1.96. The highest BCUT2D eigenvalue weighted by Gasteiger charge is 2.15. The molecule has 0 spiro atoms. The topological polar surface area (TPSA) is 38.7 Å². The fourth-order valence-electron chi connectivity index (χ4n) is 6.37. The molecule has 0 fully saturated rings. The Kier molecular flexibility index (Phi) is 6.65. The first kappa shape index (κ1) is 27.3. The van der Waals surface area contributed by atoms with Crippen LogP contribution in [0.2, 0.25) is 0 Å². The molecule has 0 aliphatic heterocycles. The average molecular weight is 618 g/mol. The lowest BCUT2D eigenvalue weighted by atomic mass is 9.98. The van der Waals surface area contributed by atoms with E-state index >= 15 is 0 Å². The van der Waals surface area contributed by atoms with Gasteiger partial charge in [-0.3, -0.25) is 0 Å². The summed E-state index contributed by atoms with van der Waals surface area (Å²) in [5.41, 5.74) is 7.56. The van der Waals surface area contributed by atoms with Crippen molar-refractivity contribution in [2.24, 2.45) is 0 Å². The van der Waals surface area contributed by atoms with Gasteiger partial charge in [-0.05, 0) is 57.3 Å². The van der Waals surface area contributed by atoms with E-state index in [0.717, 1.165) is 33.0 Å². The number of fused-ring (bicyclic) bond motifs is 4. The van der Waals surface area contributed by atoms with Crippen LogP contribution >= 0.6 is 11.3 Å². The molecule has 4 heteroatoms. The van der Waals surface area contributed by atoms with Crippen molar-refractivity contribution in [3.63, 3.8) is 0 Å². The molecular formula is C43H27N3S. The summed E-state index contributed by atoms with van der Waals surface area (Å²) in [4.78, 5) is 15.2. The molecule has 0 radical (unpaired) electrons. The second-order valence-electron chi connectivity index (χ2n) is 11.7. The number of rotatable bonds is 5. The van der Waals surface area contributed by atoms with Crippen molar-refractivity contribution >= 4 is 42.3 Å². The lowest BCUT2D eigenvalue weighted by molar-refractivity contribution is 1.08. The molecule has 9 aromatic rings. The lowest BCUT2D eigenvalue weighted by Crippen LogP contribution is -2.00. The van der Waals surface area contributed by atoms with Crippen molar-refractivity contribution in [2.75, 3.05) is 0 Å². The monoisotopic (exact) mass is 617 g/mol. The van der Waals surface area contributed by atoms with Gasteiger partial charge in [-0.25, -0.2) is 15.0 Å². The van der Waals surface area contributed by atoms with E-state index < -0.39 is 0 Å². The van der Waals surface area contributed by atoms with Gasteiger partial charge in [-0.2, -0.15) is 0 Å². The smallest absolute Gasteiger partial charge is 0.164 e. The van der Waals surface area contributed by atoms with Gasteiger partial charge in [-0.15, -0.1) is 11.3 Å². The van der Waals surface area contributed by atoms with E-state index in [1.807, 2.05) is 35.6 Å². The fourth-order valence-corrected chi connectivity index (χ4v) is 7.52. The lowest BCUT2D eigenvalue weighted by Gasteiger charge is -2.12. The second-order valence-corrected chi connectivity index (χ2v) is 12.8. The Hall–Kier alpha value is -5.97. The summed E-state index contributed by atoms with van der Waals surface area (Å²) < 4.78 is 2.60. The summed E-state index contributed by atoms with van der Waals surface area (Å²) in [5, 5.41) is 4.86. The maximum Gasteiger partial charge on any atom is 0.164 e. The summed E-state index contributed by atoms with van der Waals surface area (Å²) in [6.45, 7) is 0. The summed E-state index contributed by atoms with van der Waals surface area (Å²) in [7, 11) is 0. The molecule has 0 aliphatic rings. The molecular weight excluding hydrogens is 591 g/mol. The van der Waals surface area contributed by atoms with Crippen LogP contribution in [0.25, 0.3) is 87.4 Å². The number of hydrogen-bond donors (Lipinski definition) is 0. The molecule has 0 atom stereocenters. The highest BCUT2D eigenvalue weighted by molar-refractivity contribution is 7.25. The van der Waals surface area contributed by atoms with Gasteiger partial charge in [0.05, 0.1) is 0 Å². The van der Waals surface area contributed by atoms with Crippen LogP contribution in [0.15, 0.2) is 164 Å². The molecule has 0 amide bonds. The zero-order valence-corrected chi connectivity index (χ0v) is 26.2. The Morgan fingerprint density at radius 2 is 0.894 bits per heavy atom. The predicted octanol–water partition coefficient (Wildman–Crippen LogP) is 11.7. The van der Waals surface area contributed by atoms with E-state index in [-0.39, 0.29) is 0 Å². The maximum atomic E-state index is 5.12. The number of aromatic nitrogens is 3. The SMILES string of the molecule is c1ccc(-c2ccc3c(-c4nc(-c5ccccc5)nc(-c5cccc(-c6ccc7c(c6)sc6ccccc67)c5)n4)cccc3c2)cc1. The predicted molar refractivity (Wildman–Crippen MR) is 197 cm³/mol. The molecule has 9 rings (SSSR count). The molecule has 2 aromatic heterocycles. The van der Waals surface area contributed by atoms with Crippen LogP contribution in [0.4, 0.5) is 0 Å². The molecule has 0 saturated carbocycles. The normalized spacial score (nSPS) is 11.4. The third-order valence-electron chi connectivity index (χ3n) is 8.73. The third-order valence-corrected chi connectivity index (χ3v) is 9.86. The van der Waals surface area contributed by atoms with Crippen LogP contribution in [-0.4, -0.2) is 15.0 Å². The first-order valence-electron chi connectivity index (χ1n) is 15.7. The fraction of sp³-hybridized carbons (Fsp3) is 0. The first-order chi connectivity index (χ1) is 23.3. The zero-order chi connectivity index (χ0) is 31.2. The first-order valence-corrected chi connectivity index (χ1v) is 16.5. The summed E-state index contributed by atoms with van der Waals surface area (Å²) in [6, 6.07) is 57.5. The van der Waals surface area contributed by atoms with Crippen LogP contribution in [0.3, 0.4) is 0 Å². The van der Waals surface area contributed by atoms with Crippen molar-refractivity contribution in [2.45, 2.75) is 0 Å². The highest BCUT2D eigenvalue weighted by Crippen LogP contribution is 2.37. The minimum atomic E-state index is 0.650. The van der Waals surface area contributed by atoms with Gasteiger partial charge < -0.3 is 0 Å². The molecule has 0 saturated heterocycles. The van der Waals surface area contributed by atoms with Crippen molar-refractivity contribution in [1.82, 2.24) is 15.0 Å². The number of thiophene rings is 1. The highest BCUT2D eigenvalue weighted by atomic mass is 32.1. The van der Waals surface area contributed by atoms with Crippen molar-refractivity contribution in [3.8, 4) is 56.4 Å². The Labute approximate surface area is 276 Å². The average Bonchev–Trinajstić information content (AvgIpc) is 3.53. The molecule has 0 unspecified atom stereocenters. The van der Waals surface area contributed by atoms with E-state index in [2.05, 4.69) is 140 Å². The van der Waals surface area contributed by atoms with Crippen LogP contribution < -0.4 is 0 Å². The van der Waals surface area contributed by atoms with Gasteiger partial charge in [-0.1, -0.05) is 140 Å². The van der Waals surface area contributed by atoms with E-state index in [1.165, 1.54) is 36.9 Å². The quantitative estimate of drug-likeness (QED) is 0.193. The molecule has 0 N–H and O–H groups in total. The van der Waals surface area contributed by atoms with Gasteiger partial charge in [0.2, 0.25) is 0 Å². The Morgan fingerprint density at radius 1 is 0.319 bits per heavy atom. The summed E-state index contributed by atoms with van der Waals surface area (Å²) >= 11 is 1.84. The van der Waals surface area contributed by atoms with Gasteiger partial charge in [0.1, 0.15) is 0 Å². The van der Waals surface area contributed by atoms with Gasteiger partial charge >= 0.3 is 0 Å². The molecule has 2 heterocycles. The molecule has 0 bridgehead atoms. The molecule has 47 heavy (non-hydrogen) atoms. The number of benzene rings is 7. The zero-order valence-electron chi connectivity index (χ0n) is 25.3. The van der Waals surface area contributed by atoms with Crippen LogP contribution in [0.5, 0.6) is 0 Å². The Bertz CT molecular complexity index is 2570. The Balaban J connectivity index is 1.17. The van der Waals surface area contributed by atoms with E-state index in [9.17, 15) is 0 Å². The minimum absolute atomic E-state index is 0.650. The molecule has 3 nitrogen and oxygen atoms in total. The van der Waals surface area contributed by atoms with Crippen molar-refractivity contribution in [3.05, 3.63) is 164 Å². The third kappa shape index (κ3) is 5.05. The second kappa shape index (κ2) is 11.4. The minimum Gasteiger partial charge on any atom is -0.208 e. The van der Waals surface area contributed by atoms with Crippen LogP contribution in [-0.2, 0) is 0 Å². The molecule has 7 aromatic carbocycles. The van der Waals surface area contributed by atoms with E-state index in [4.69, 9.17) is 15.0 Å².